The topological polar surface area (TPSA) is 75.9 Å². The summed E-state index contributed by atoms with van der Waals surface area (Å²) >= 11 is 0. The first-order valence-corrected chi connectivity index (χ1v) is 8.04. The van der Waals surface area contributed by atoms with Gasteiger partial charge >= 0.3 is 0 Å². The zero-order valence-electron chi connectivity index (χ0n) is 13.6. The Balaban J connectivity index is 1.84. The van der Waals surface area contributed by atoms with Gasteiger partial charge in [-0.3, -0.25) is 4.79 Å². The number of pyridine rings is 1. The summed E-state index contributed by atoms with van der Waals surface area (Å²) < 4.78 is 0. The summed E-state index contributed by atoms with van der Waals surface area (Å²) in [6.45, 7) is 2.13. The van der Waals surface area contributed by atoms with E-state index in [4.69, 9.17) is 0 Å². The van der Waals surface area contributed by atoms with Gasteiger partial charge in [0.25, 0.3) is 0 Å². The highest BCUT2D eigenvalue weighted by Crippen LogP contribution is 2.46. The van der Waals surface area contributed by atoms with Crippen LogP contribution in [0.2, 0.25) is 0 Å². The third-order valence-corrected chi connectivity index (χ3v) is 4.63. The Kier molecular flexibility index (Phi) is 3.11. The number of fused-ring (bicyclic) bond motifs is 3. The Morgan fingerprint density at radius 3 is 2.83 bits per heavy atom. The fourth-order valence-corrected chi connectivity index (χ4v) is 3.30. The molecule has 0 saturated heterocycles. The van der Waals surface area contributed by atoms with Crippen LogP contribution in [-0.2, 0) is 11.8 Å². The van der Waals surface area contributed by atoms with Gasteiger partial charge in [0.2, 0.25) is 5.91 Å². The maximum absolute atomic E-state index is 12.2. The molecule has 7 heteroatoms. The number of hydrogen-bond acceptors (Lipinski definition) is 5. The van der Waals surface area contributed by atoms with E-state index in [1.165, 1.54) is 0 Å². The Labute approximate surface area is 134 Å². The van der Waals surface area contributed by atoms with Crippen molar-refractivity contribution >= 4 is 17.4 Å². The van der Waals surface area contributed by atoms with Gasteiger partial charge in [-0.05, 0) is 25.3 Å². The second-order valence-electron chi connectivity index (χ2n) is 6.28. The molecule has 2 aliphatic rings. The van der Waals surface area contributed by atoms with Crippen LogP contribution < -0.4 is 10.2 Å². The van der Waals surface area contributed by atoms with Crippen LogP contribution in [0.15, 0.2) is 12.3 Å². The molecule has 23 heavy (non-hydrogen) atoms. The molecular formula is C16H20N6O. The summed E-state index contributed by atoms with van der Waals surface area (Å²) in [4.78, 5) is 20.3. The average molecular weight is 312 g/mol. The minimum absolute atomic E-state index is 0.0669. The van der Waals surface area contributed by atoms with Crippen LogP contribution in [0.1, 0.15) is 37.9 Å². The van der Waals surface area contributed by atoms with Gasteiger partial charge in [-0.15, -0.1) is 0 Å². The lowest BCUT2D eigenvalue weighted by Crippen LogP contribution is -2.30. The maximum Gasteiger partial charge on any atom is 0.228 e. The third kappa shape index (κ3) is 2.18. The first-order valence-electron chi connectivity index (χ1n) is 8.04. The summed E-state index contributed by atoms with van der Waals surface area (Å²) in [5.74, 6) is 0.838. The standard InChI is InChI=1S/C16H20N6O/c1-4-11-13-12(19-22(3)20-13)10-7-8-17-15(14(10)21(11)2)18-16(23)9-5-6-9/h7-9,11H,4-6H2,1-3H3,(H,17,18,23). The molecule has 0 bridgehead atoms. The van der Waals surface area contributed by atoms with E-state index in [0.29, 0.717) is 5.82 Å². The van der Waals surface area contributed by atoms with E-state index < -0.39 is 0 Å². The Hall–Kier alpha value is -2.44. The zero-order chi connectivity index (χ0) is 16.1. The number of nitrogens with one attached hydrogen (secondary N) is 1. The molecule has 1 N–H and O–H groups in total. The van der Waals surface area contributed by atoms with Gasteiger partial charge in [0, 0.05) is 31.8 Å². The molecule has 0 radical (unpaired) electrons. The van der Waals surface area contributed by atoms with E-state index in [1.807, 2.05) is 20.2 Å². The predicted molar refractivity (Wildman–Crippen MR) is 87.0 cm³/mol. The van der Waals surface area contributed by atoms with Gasteiger partial charge in [-0.2, -0.15) is 15.0 Å². The number of amides is 1. The average Bonchev–Trinajstić information content (AvgIpc) is 3.30. The number of anilines is 2. The molecule has 1 fully saturated rings. The molecule has 1 saturated carbocycles. The minimum Gasteiger partial charge on any atom is -0.362 e. The highest BCUT2D eigenvalue weighted by atomic mass is 16.2. The molecule has 1 aliphatic heterocycles. The minimum atomic E-state index is 0.0669. The van der Waals surface area contributed by atoms with Crippen LogP contribution in [0.25, 0.3) is 11.3 Å². The summed E-state index contributed by atoms with van der Waals surface area (Å²) in [5.41, 5.74) is 3.77. The van der Waals surface area contributed by atoms with Gasteiger partial charge in [-0.25, -0.2) is 4.98 Å². The molecule has 1 amide bonds. The summed E-state index contributed by atoms with van der Waals surface area (Å²) in [6, 6.07) is 2.07. The number of hydrogen-bond donors (Lipinski definition) is 1. The van der Waals surface area contributed by atoms with Gasteiger partial charge in [0.15, 0.2) is 5.82 Å². The van der Waals surface area contributed by atoms with E-state index in [9.17, 15) is 4.79 Å². The van der Waals surface area contributed by atoms with E-state index in [-0.39, 0.29) is 17.9 Å². The maximum atomic E-state index is 12.2. The highest BCUT2D eigenvalue weighted by molar-refractivity contribution is 5.99. The molecule has 0 spiro atoms. The number of carbonyl (C=O) groups is 1. The zero-order valence-corrected chi connectivity index (χ0v) is 13.6. The third-order valence-electron chi connectivity index (χ3n) is 4.63. The number of nitrogens with zero attached hydrogens (tertiary/aromatic N) is 5. The molecule has 1 atom stereocenters. The van der Waals surface area contributed by atoms with Crippen molar-refractivity contribution in [2.75, 3.05) is 17.3 Å². The first kappa shape index (κ1) is 14.2. The predicted octanol–water partition coefficient (Wildman–Crippen LogP) is 2.13. The van der Waals surface area contributed by atoms with Crippen LogP contribution in [0.5, 0.6) is 0 Å². The molecule has 120 valence electrons. The van der Waals surface area contributed by atoms with Crippen molar-refractivity contribution in [2.24, 2.45) is 13.0 Å². The van der Waals surface area contributed by atoms with Gasteiger partial charge in [0.05, 0.1) is 11.7 Å². The molecule has 1 aliphatic carbocycles. The molecular weight excluding hydrogens is 292 g/mol. The Morgan fingerprint density at radius 1 is 1.35 bits per heavy atom. The van der Waals surface area contributed by atoms with Crippen LogP contribution in [0, 0.1) is 5.92 Å². The normalized spacial score (nSPS) is 19.3. The van der Waals surface area contributed by atoms with Crippen LogP contribution >= 0.6 is 0 Å². The van der Waals surface area contributed by atoms with E-state index in [2.05, 4.69) is 32.3 Å². The SMILES string of the molecule is CCC1c2nn(C)nc2-c2ccnc(NC(=O)C3CC3)c2N1C. The van der Waals surface area contributed by atoms with Crippen LogP contribution in [-0.4, -0.2) is 32.9 Å². The number of carbonyl (C=O) groups excluding carboxylic acids is 1. The first-order chi connectivity index (χ1) is 11.1. The molecule has 0 aromatic carbocycles. The van der Waals surface area contributed by atoms with Gasteiger partial charge < -0.3 is 10.2 Å². The van der Waals surface area contributed by atoms with Crippen molar-refractivity contribution in [3.8, 4) is 11.3 Å². The molecule has 4 rings (SSSR count). The highest BCUT2D eigenvalue weighted by Gasteiger charge is 2.35. The lowest BCUT2D eigenvalue weighted by Gasteiger charge is -2.34. The summed E-state index contributed by atoms with van der Waals surface area (Å²) in [6.07, 6.45) is 4.58. The second kappa shape index (κ2) is 5.04. The number of rotatable bonds is 3. The smallest absolute Gasteiger partial charge is 0.228 e. The fourth-order valence-electron chi connectivity index (χ4n) is 3.30. The summed E-state index contributed by atoms with van der Waals surface area (Å²) in [5, 5.41) is 12.1. The largest absolute Gasteiger partial charge is 0.362 e. The number of aromatic nitrogens is 4. The monoisotopic (exact) mass is 312 g/mol. The van der Waals surface area contributed by atoms with Crippen molar-refractivity contribution < 1.29 is 4.79 Å². The van der Waals surface area contributed by atoms with Crippen LogP contribution in [0.3, 0.4) is 0 Å². The Morgan fingerprint density at radius 2 is 2.13 bits per heavy atom. The van der Waals surface area contributed by atoms with Crippen LogP contribution in [0.4, 0.5) is 11.5 Å². The molecule has 1 unspecified atom stereocenters. The van der Waals surface area contributed by atoms with Crippen molar-refractivity contribution in [1.82, 2.24) is 20.0 Å². The van der Waals surface area contributed by atoms with Crippen molar-refractivity contribution in [1.29, 1.82) is 0 Å². The van der Waals surface area contributed by atoms with Crippen molar-refractivity contribution in [3.05, 3.63) is 18.0 Å². The molecule has 2 aromatic heterocycles. The van der Waals surface area contributed by atoms with Crippen molar-refractivity contribution in [2.45, 2.75) is 32.2 Å². The van der Waals surface area contributed by atoms with E-state index in [0.717, 1.165) is 41.9 Å². The van der Waals surface area contributed by atoms with E-state index in [1.54, 1.807) is 11.0 Å². The molecule has 3 heterocycles. The lowest BCUT2D eigenvalue weighted by molar-refractivity contribution is -0.117. The lowest BCUT2D eigenvalue weighted by atomic mass is 9.96. The summed E-state index contributed by atoms with van der Waals surface area (Å²) in [7, 11) is 3.86. The molecule has 7 nitrogen and oxygen atoms in total. The van der Waals surface area contributed by atoms with Crippen molar-refractivity contribution in [3.63, 3.8) is 0 Å². The van der Waals surface area contributed by atoms with Gasteiger partial charge in [-0.1, -0.05) is 6.92 Å². The van der Waals surface area contributed by atoms with E-state index >= 15 is 0 Å². The fraction of sp³-hybridized carbons (Fsp3) is 0.500. The second-order valence-corrected chi connectivity index (χ2v) is 6.28. The Bertz CT molecular complexity index is 779. The quantitative estimate of drug-likeness (QED) is 0.939. The van der Waals surface area contributed by atoms with Gasteiger partial charge in [0.1, 0.15) is 11.4 Å². The molecule has 2 aromatic rings. The number of aryl methyl sites for hydroxylation is 1.